The summed E-state index contributed by atoms with van der Waals surface area (Å²) in [5.41, 5.74) is 8.78. The summed E-state index contributed by atoms with van der Waals surface area (Å²) in [5, 5.41) is 31.5. The van der Waals surface area contributed by atoms with Crippen LogP contribution in [0.4, 0.5) is 11.5 Å². The van der Waals surface area contributed by atoms with Crippen molar-refractivity contribution in [3.63, 3.8) is 0 Å². The van der Waals surface area contributed by atoms with E-state index in [1.54, 1.807) is 41.5 Å². The summed E-state index contributed by atoms with van der Waals surface area (Å²) in [5.74, 6) is 0.494. The Bertz CT molecular complexity index is 1490. The molecule has 190 valence electrons. The molecular weight excluding hydrogens is 470 g/mol. The molecule has 0 aliphatic carbocycles. The zero-order valence-electron chi connectivity index (χ0n) is 21.0. The number of primary amides is 1. The molecule has 37 heavy (non-hydrogen) atoms. The van der Waals surface area contributed by atoms with Crippen molar-refractivity contribution in [2.24, 2.45) is 11.7 Å². The number of nitriles is 1. The van der Waals surface area contributed by atoms with Gasteiger partial charge in [-0.05, 0) is 38.0 Å². The van der Waals surface area contributed by atoms with Gasteiger partial charge in [-0.15, -0.1) is 0 Å². The number of anilines is 2. The zero-order valence-corrected chi connectivity index (χ0v) is 21.0. The van der Waals surface area contributed by atoms with Crippen LogP contribution in [0.1, 0.15) is 36.7 Å². The van der Waals surface area contributed by atoms with E-state index in [2.05, 4.69) is 38.4 Å². The summed E-state index contributed by atoms with van der Waals surface area (Å²) in [4.78, 5) is 18.9. The van der Waals surface area contributed by atoms with Crippen LogP contribution in [0.15, 0.2) is 49.2 Å². The number of rotatable bonds is 7. The number of aromatic nitrogens is 5. The predicted octanol–water partition coefficient (Wildman–Crippen LogP) is 2.27. The third-order valence-corrected chi connectivity index (χ3v) is 6.56. The Kier molecular flexibility index (Phi) is 6.05. The summed E-state index contributed by atoms with van der Waals surface area (Å²) in [7, 11) is 0. The lowest BCUT2D eigenvalue weighted by Gasteiger charge is -2.21. The van der Waals surface area contributed by atoms with E-state index in [0.29, 0.717) is 29.9 Å². The highest BCUT2D eigenvalue weighted by Gasteiger charge is 2.32. The minimum atomic E-state index is -0.886. The number of nitrogens with two attached hydrogens (primary N) is 1. The Morgan fingerprint density at radius 1 is 1.22 bits per heavy atom. The summed E-state index contributed by atoms with van der Waals surface area (Å²) in [6.07, 6.45) is 8.55. The Balaban J connectivity index is 1.45. The van der Waals surface area contributed by atoms with E-state index in [-0.39, 0.29) is 12.0 Å². The third kappa shape index (κ3) is 4.96. The van der Waals surface area contributed by atoms with E-state index in [1.807, 2.05) is 24.5 Å². The standard InChI is InChI=1S/C26H29N9O2/c1-16-11-33(23-5-4-17(7-27)8-29-23)14-21(16)32-24-20(25(28)36)10-31-35-13-18(6-22(24)35)19-9-30-34(12-19)15-26(2,3)37/h4-6,8-10,12-13,16,21,32,37H,11,14-15H2,1-3H3,(H2,28,36)/t16-,21+/m0/s1. The quantitative estimate of drug-likeness (QED) is 0.350. The van der Waals surface area contributed by atoms with Crippen molar-refractivity contribution in [1.29, 1.82) is 5.26 Å². The Labute approximate surface area is 214 Å². The van der Waals surface area contributed by atoms with Gasteiger partial charge in [0, 0.05) is 48.8 Å². The highest BCUT2D eigenvalue weighted by Crippen LogP contribution is 2.31. The summed E-state index contributed by atoms with van der Waals surface area (Å²) >= 11 is 0. The highest BCUT2D eigenvalue weighted by molar-refractivity contribution is 6.02. The lowest BCUT2D eigenvalue weighted by molar-refractivity contribution is 0.0577. The van der Waals surface area contributed by atoms with Gasteiger partial charge < -0.3 is 21.1 Å². The van der Waals surface area contributed by atoms with E-state index >= 15 is 0 Å². The molecule has 1 amide bonds. The molecule has 11 nitrogen and oxygen atoms in total. The second-order valence-corrected chi connectivity index (χ2v) is 10.2. The molecule has 1 fully saturated rings. The molecule has 1 saturated heterocycles. The first-order chi connectivity index (χ1) is 17.6. The molecule has 0 spiro atoms. The number of nitrogens with one attached hydrogen (secondary N) is 1. The Morgan fingerprint density at radius 3 is 2.70 bits per heavy atom. The molecule has 0 radical (unpaired) electrons. The number of amides is 1. The number of pyridine rings is 1. The highest BCUT2D eigenvalue weighted by atomic mass is 16.3. The van der Waals surface area contributed by atoms with Gasteiger partial charge in [-0.1, -0.05) is 6.92 Å². The van der Waals surface area contributed by atoms with Gasteiger partial charge in [-0.3, -0.25) is 9.48 Å². The van der Waals surface area contributed by atoms with E-state index < -0.39 is 11.5 Å². The van der Waals surface area contributed by atoms with Crippen LogP contribution in [0.3, 0.4) is 0 Å². The normalized spacial score (nSPS) is 17.8. The van der Waals surface area contributed by atoms with Crippen LogP contribution in [-0.4, -0.2) is 60.1 Å². The van der Waals surface area contributed by atoms with Crippen molar-refractivity contribution in [2.75, 3.05) is 23.3 Å². The number of aliphatic hydroxyl groups is 1. The molecule has 0 bridgehead atoms. The second-order valence-electron chi connectivity index (χ2n) is 10.2. The maximum atomic E-state index is 12.3. The molecule has 0 aromatic carbocycles. The molecule has 0 saturated carbocycles. The molecule has 4 aromatic rings. The minimum absolute atomic E-state index is 0.0228. The monoisotopic (exact) mass is 499 g/mol. The first-order valence-electron chi connectivity index (χ1n) is 12.1. The fourth-order valence-electron chi connectivity index (χ4n) is 4.72. The van der Waals surface area contributed by atoms with E-state index in [0.717, 1.165) is 29.0 Å². The second kappa shape index (κ2) is 9.22. The van der Waals surface area contributed by atoms with Crippen LogP contribution in [0, 0.1) is 17.2 Å². The molecule has 4 N–H and O–H groups in total. The molecule has 4 aromatic heterocycles. The van der Waals surface area contributed by atoms with Crippen LogP contribution in [0.2, 0.25) is 0 Å². The molecule has 2 atom stereocenters. The molecule has 5 heterocycles. The molecule has 11 heteroatoms. The van der Waals surface area contributed by atoms with Gasteiger partial charge in [0.05, 0.1) is 46.9 Å². The SMILES string of the molecule is C[C@H]1CN(c2ccc(C#N)cn2)C[C@H]1Nc1c(C(N)=O)cnn2cc(-c3cnn(CC(C)(C)O)c3)cc12. The lowest BCUT2D eigenvalue weighted by Crippen LogP contribution is -2.30. The van der Waals surface area contributed by atoms with Crippen molar-refractivity contribution in [2.45, 2.75) is 39.0 Å². The maximum Gasteiger partial charge on any atom is 0.252 e. The molecule has 0 unspecified atom stereocenters. The Morgan fingerprint density at radius 2 is 2.03 bits per heavy atom. The predicted molar refractivity (Wildman–Crippen MR) is 139 cm³/mol. The molecular formula is C26H29N9O2. The fraction of sp³-hybridized carbons (Fsp3) is 0.346. The number of fused-ring (bicyclic) bond motifs is 1. The van der Waals surface area contributed by atoms with Crippen molar-refractivity contribution in [3.8, 4) is 17.2 Å². The van der Waals surface area contributed by atoms with Gasteiger partial charge >= 0.3 is 0 Å². The largest absolute Gasteiger partial charge is 0.389 e. The van der Waals surface area contributed by atoms with Crippen LogP contribution < -0.4 is 16.0 Å². The number of nitrogens with zero attached hydrogens (tertiary/aromatic N) is 7. The minimum Gasteiger partial charge on any atom is -0.389 e. The van der Waals surface area contributed by atoms with Crippen LogP contribution in [0.25, 0.3) is 16.6 Å². The van der Waals surface area contributed by atoms with Crippen molar-refractivity contribution in [3.05, 3.63) is 60.3 Å². The first kappa shape index (κ1) is 24.3. The van der Waals surface area contributed by atoms with Crippen molar-refractivity contribution >= 4 is 22.9 Å². The Hall–Kier alpha value is -4.43. The molecule has 1 aliphatic rings. The van der Waals surface area contributed by atoms with Crippen LogP contribution in [0.5, 0.6) is 0 Å². The summed E-state index contributed by atoms with van der Waals surface area (Å²) in [6.45, 7) is 7.42. The number of carbonyl (C=O) groups excluding carboxylic acids is 1. The average Bonchev–Trinajstić information content (AvgIpc) is 3.57. The van der Waals surface area contributed by atoms with Gasteiger partial charge in [-0.25, -0.2) is 9.50 Å². The summed E-state index contributed by atoms with van der Waals surface area (Å²) < 4.78 is 3.42. The van der Waals surface area contributed by atoms with Crippen LogP contribution in [-0.2, 0) is 6.54 Å². The average molecular weight is 500 g/mol. The third-order valence-electron chi connectivity index (χ3n) is 6.56. The maximum absolute atomic E-state index is 12.3. The van der Waals surface area contributed by atoms with Gasteiger partial charge in [0.15, 0.2) is 0 Å². The van der Waals surface area contributed by atoms with E-state index in [9.17, 15) is 9.90 Å². The smallest absolute Gasteiger partial charge is 0.252 e. The van der Waals surface area contributed by atoms with E-state index in [4.69, 9.17) is 11.0 Å². The van der Waals surface area contributed by atoms with Crippen molar-refractivity contribution in [1.82, 2.24) is 24.4 Å². The lowest BCUT2D eigenvalue weighted by atomic mass is 10.1. The molecule has 5 rings (SSSR count). The van der Waals surface area contributed by atoms with Gasteiger partial charge in [0.1, 0.15) is 11.9 Å². The number of hydrogen-bond donors (Lipinski definition) is 3. The van der Waals surface area contributed by atoms with E-state index in [1.165, 1.54) is 6.20 Å². The number of carbonyl (C=O) groups is 1. The zero-order chi connectivity index (χ0) is 26.3. The fourth-order valence-corrected chi connectivity index (χ4v) is 4.72. The van der Waals surface area contributed by atoms with Crippen LogP contribution >= 0.6 is 0 Å². The summed E-state index contributed by atoms with van der Waals surface area (Å²) in [6, 6.07) is 7.68. The first-order valence-corrected chi connectivity index (χ1v) is 12.1. The van der Waals surface area contributed by atoms with Crippen molar-refractivity contribution < 1.29 is 9.90 Å². The van der Waals surface area contributed by atoms with Gasteiger partial charge in [0.2, 0.25) is 0 Å². The number of hydrogen-bond acceptors (Lipinski definition) is 8. The molecule has 1 aliphatic heterocycles. The van der Waals surface area contributed by atoms with Gasteiger partial charge in [0.25, 0.3) is 5.91 Å². The topological polar surface area (TPSA) is 150 Å². The van der Waals surface area contributed by atoms with Gasteiger partial charge in [-0.2, -0.15) is 15.5 Å².